The zero-order valence-corrected chi connectivity index (χ0v) is 21.1. The van der Waals surface area contributed by atoms with Gasteiger partial charge in [-0.1, -0.05) is 19.4 Å². The lowest BCUT2D eigenvalue weighted by molar-refractivity contribution is -0.138. The number of methoxy groups -OCH3 is 1. The van der Waals surface area contributed by atoms with Crippen LogP contribution in [0.2, 0.25) is 0 Å². The second-order valence-electron chi connectivity index (χ2n) is 9.00. The minimum atomic E-state index is -3.79. The third-order valence-electron chi connectivity index (χ3n) is 6.62. The molecule has 36 heavy (non-hydrogen) atoms. The van der Waals surface area contributed by atoms with Crippen LogP contribution in [0.3, 0.4) is 0 Å². The number of pyridine rings is 1. The Bertz CT molecular complexity index is 1220. The van der Waals surface area contributed by atoms with Gasteiger partial charge in [-0.3, -0.25) is 19.4 Å². The van der Waals surface area contributed by atoms with Crippen molar-refractivity contribution in [2.75, 3.05) is 20.2 Å². The maximum atomic E-state index is 13.5. The van der Waals surface area contributed by atoms with Crippen LogP contribution in [0.25, 0.3) is 0 Å². The predicted molar refractivity (Wildman–Crippen MR) is 132 cm³/mol. The molecule has 0 aliphatic carbocycles. The number of carbonyl (C=O) groups is 3. The third-order valence-corrected chi connectivity index (χ3v) is 8.44. The van der Waals surface area contributed by atoms with Crippen molar-refractivity contribution in [3.63, 3.8) is 0 Å². The van der Waals surface area contributed by atoms with Crippen LogP contribution >= 0.6 is 0 Å². The summed E-state index contributed by atoms with van der Waals surface area (Å²) in [5, 5.41) is 2.80. The number of ketones is 1. The number of rotatable bonds is 9. The Morgan fingerprint density at radius 1 is 1.22 bits per heavy atom. The van der Waals surface area contributed by atoms with Crippen molar-refractivity contribution in [1.82, 2.24) is 19.5 Å². The number of nitrogens with zero attached hydrogens (tertiary/aromatic N) is 3. The summed E-state index contributed by atoms with van der Waals surface area (Å²) in [6, 6.07) is 7.59. The maximum absolute atomic E-state index is 13.5. The molecule has 2 fully saturated rings. The Morgan fingerprint density at radius 2 is 1.97 bits per heavy atom. The number of sulfonamides is 1. The SMILES string of the molecule is CCCC(NC(=O)c1ccc(OC)cc1)C(=O)N1CCC2C1C(=O)CN2S(=O)(=O)Cc1cccnc1. The maximum Gasteiger partial charge on any atom is 0.251 e. The molecule has 2 saturated heterocycles. The van der Waals surface area contributed by atoms with Crippen LogP contribution in [-0.4, -0.2) is 78.5 Å². The van der Waals surface area contributed by atoms with Crippen molar-refractivity contribution in [1.29, 1.82) is 0 Å². The van der Waals surface area contributed by atoms with Gasteiger partial charge in [0.1, 0.15) is 17.8 Å². The largest absolute Gasteiger partial charge is 0.497 e. The third kappa shape index (κ3) is 5.26. The van der Waals surface area contributed by atoms with E-state index in [4.69, 9.17) is 4.74 Å². The van der Waals surface area contributed by atoms with Gasteiger partial charge in [-0.2, -0.15) is 4.31 Å². The van der Waals surface area contributed by atoms with Crippen molar-refractivity contribution in [3.8, 4) is 5.75 Å². The summed E-state index contributed by atoms with van der Waals surface area (Å²) in [7, 11) is -2.25. The molecule has 2 aromatic rings. The molecule has 1 aromatic carbocycles. The molecular formula is C25H30N4O6S. The van der Waals surface area contributed by atoms with E-state index in [0.717, 1.165) is 0 Å². The molecule has 0 bridgehead atoms. The number of amides is 2. The van der Waals surface area contributed by atoms with Crippen LogP contribution < -0.4 is 10.1 Å². The number of nitrogens with one attached hydrogen (secondary N) is 1. The Balaban J connectivity index is 1.48. The van der Waals surface area contributed by atoms with Gasteiger partial charge in [-0.25, -0.2) is 8.42 Å². The highest BCUT2D eigenvalue weighted by atomic mass is 32.2. The van der Waals surface area contributed by atoms with Crippen molar-refractivity contribution < 1.29 is 27.5 Å². The first kappa shape index (κ1) is 25.8. The van der Waals surface area contributed by atoms with Gasteiger partial charge in [0, 0.05) is 24.5 Å². The molecule has 2 aliphatic rings. The summed E-state index contributed by atoms with van der Waals surface area (Å²) in [5.74, 6) is -0.734. The minimum absolute atomic E-state index is 0.247. The molecule has 11 heteroatoms. The molecule has 0 radical (unpaired) electrons. The molecule has 0 spiro atoms. The van der Waals surface area contributed by atoms with Crippen molar-refractivity contribution in [2.45, 2.75) is 50.1 Å². The van der Waals surface area contributed by atoms with E-state index < -0.39 is 34.1 Å². The van der Waals surface area contributed by atoms with Gasteiger partial charge in [0.25, 0.3) is 5.91 Å². The molecule has 3 atom stereocenters. The summed E-state index contributed by atoms with van der Waals surface area (Å²) in [6.45, 7) is 1.88. The summed E-state index contributed by atoms with van der Waals surface area (Å²) in [5.41, 5.74) is 0.914. The normalized spacial score (nSPS) is 20.7. The number of carbonyl (C=O) groups excluding carboxylic acids is 3. The number of fused-ring (bicyclic) bond motifs is 1. The fraction of sp³-hybridized carbons (Fsp3) is 0.440. The van der Waals surface area contributed by atoms with Crippen LogP contribution in [0.5, 0.6) is 5.75 Å². The van der Waals surface area contributed by atoms with E-state index in [-0.39, 0.29) is 30.5 Å². The number of likely N-dealkylation sites (tertiary alicyclic amines) is 1. The smallest absolute Gasteiger partial charge is 0.251 e. The standard InChI is InChI=1S/C25H30N4O6S/c1-3-5-20(27-24(31)18-7-9-19(35-2)10-8-18)25(32)28-13-11-21-23(28)22(30)15-29(21)36(33,34)16-17-6-4-12-26-14-17/h4,6-10,12,14,20-21,23H,3,5,11,13,15-16H2,1-2H3,(H,27,31). The zero-order chi connectivity index (χ0) is 25.9. The Labute approximate surface area is 210 Å². The van der Waals surface area contributed by atoms with Gasteiger partial charge < -0.3 is 15.0 Å². The molecule has 0 saturated carbocycles. The van der Waals surface area contributed by atoms with E-state index in [9.17, 15) is 22.8 Å². The molecule has 1 N–H and O–H groups in total. The molecule has 1 aromatic heterocycles. The zero-order valence-electron chi connectivity index (χ0n) is 20.3. The Kier molecular flexibility index (Phi) is 7.70. The number of ether oxygens (including phenoxy) is 1. The fourth-order valence-corrected chi connectivity index (χ4v) is 6.60. The van der Waals surface area contributed by atoms with Gasteiger partial charge in [0.15, 0.2) is 5.78 Å². The second-order valence-corrected chi connectivity index (χ2v) is 10.9. The molecule has 192 valence electrons. The highest BCUT2D eigenvalue weighted by Gasteiger charge is 2.54. The summed E-state index contributed by atoms with van der Waals surface area (Å²) in [4.78, 5) is 44.7. The Morgan fingerprint density at radius 3 is 2.61 bits per heavy atom. The predicted octanol–water partition coefficient (Wildman–Crippen LogP) is 1.37. The topological polar surface area (TPSA) is 126 Å². The molecule has 2 amide bonds. The van der Waals surface area contributed by atoms with Crippen LogP contribution in [0.4, 0.5) is 0 Å². The molecular weight excluding hydrogens is 484 g/mol. The number of aromatic nitrogens is 1. The molecule has 3 unspecified atom stereocenters. The minimum Gasteiger partial charge on any atom is -0.497 e. The van der Waals surface area contributed by atoms with Gasteiger partial charge in [-0.05, 0) is 48.7 Å². The molecule has 3 heterocycles. The van der Waals surface area contributed by atoms with Gasteiger partial charge >= 0.3 is 0 Å². The van der Waals surface area contributed by atoms with E-state index in [2.05, 4.69) is 10.3 Å². The summed E-state index contributed by atoms with van der Waals surface area (Å²) < 4.78 is 32.6. The Hall–Kier alpha value is -3.31. The number of benzene rings is 1. The van der Waals surface area contributed by atoms with Crippen LogP contribution in [0.15, 0.2) is 48.8 Å². The van der Waals surface area contributed by atoms with Crippen LogP contribution in [0, 0.1) is 0 Å². The first-order chi connectivity index (χ1) is 17.2. The van der Waals surface area contributed by atoms with E-state index in [1.54, 1.807) is 42.6 Å². The molecule has 10 nitrogen and oxygen atoms in total. The first-order valence-electron chi connectivity index (χ1n) is 11.9. The monoisotopic (exact) mass is 514 g/mol. The number of Topliss-reactive ketones (excluding diaryl/α,β-unsaturated/α-hetero) is 1. The average Bonchev–Trinajstić information content (AvgIpc) is 3.45. The highest BCUT2D eigenvalue weighted by molar-refractivity contribution is 7.88. The average molecular weight is 515 g/mol. The van der Waals surface area contributed by atoms with E-state index in [1.165, 1.54) is 22.5 Å². The lowest BCUT2D eigenvalue weighted by Gasteiger charge is -2.28. The second kappa shape index (κ2) is 10.8. The summed E-state index contributed by atoms with van der Waals surface area (Å²) >= 11 is 0. The van der Waals surface area contributed by atoms with E-state index in [1.807, 2.05) is 6.92 Å². The van der Waals surface area contributed by atoms with Crippen LogP contribution in [0.1, 0.15) is 42.1 Å². The van der Waals surface area contributed by atoms with E-state index in [0.29, 0.717) is 36.1 Å². The molecule has 2 aliphatic heterocycles. The van der Waals surface area contributed by atoms with Crippen LogP contribution in [-0.2, 0) is 25.4 Å². The summed E-state index contributed by atoms with van der Waals surface area (Å²) in [6.07, 6.45) is 4.44. The number of hydrogen-bond acceptors (Lipinski definition) is 7. The molecule has 4 rings (SSSR count). The lowest BCUT2D eigenvalue weighted by atomic mass is 10.1. The van der Waals surface area contributed by atoms with Crippen molar-refractivity contribution >= 4 is 27.6 Å². The number of hydrogen-bond donors (Lipinski definition) is 1. The van der Waals surface area contributed by atoms with Gasteiger partial charge in [-0.15, -0.1) is 0 Å². The van der Waals surface area contributed by atoms with Crippen molar-refractivity contribution in [2.24, 2.45) is 0 Å². The van der Waals surface area contributed by atoms with E-state index >= 15 is 0 Å². The first-order valence-corrected chi connectivity index (χ1v) is 13.5. The fourth-order valence-electron chi connectivity index (χ4n) is 4.89. The van der Waals surface area contributed by atoms with Gasteiger partial charge in [0.2, 0.25) is 15.9 Å². The van der Waals surface area contributed by atoms with Gasteiger partial charge in [0.05, 0.1) is 25.4 Å². The van der Waals surface area contributed by atoms with Crippen molar-refractivity contribution in [3.05, 3.63) is 59.9 Å². The quantitative estimate of drug-likeness (QED) is 0.536. The highest BCUT2D eigenvalue weighted by Crippen LogP contribution is 2.33. The lowest BCUT2D eigenvalue weighted by Crippen LogP contribution is -2.52.